The first-order valence-corrected chi connectivity index (χ1v) is 12.3. The van der Waals surface area contributed by atoms with Crippen LogP contribution in [0, 0.1) is 38.5 Å². The second-order valence-electron chi connectivity index (χ2n) is 8.90. The molecule has 202 valence electrons. The summed E-state index contributed by atoms with van der Waals surface area (Å²) in [7, 11) is 0. The molecular weight excluding hydrogens is 518 g/mol. The lowest BCUT2D eigenvalue weighted by atomic mass is 10.1. The second-order valence-corrected chi connectivity index (χ2v) is 8.90. The smallest absolute Gasteiger partial charge is 0.304 e. The van der Waals surface area contributed by atoms with Gasteiger partial charge in [-0.3, -0.25) is 34.7 Å². The molecule has 2 amide bonds. The molecule has 0 spiro atoms. The van der Waals surface area contributed by atoms with Crippen LogP contribution in [0.5, 0.6) is 0 Å². The lowest BCUT2D eigenvalue weighted by Gasteiger charge is -2.25. The van der Waals surface area contributed by atoms with Crippen LogP contribution in [0.4, 0.5) is 28.4 Å². The van der Waals surface area contributed by atoms with Crippen molar-refractivity contribution in [3.63, 3.8) is 0 Å². The van der Waals surface area contributed by atoms with Gasteiger partial charge < -0.3 is 4.90 Å². The van der Waals surface area contributed by atoms with Gasteiger partial charge in [0.25, 0.3) is 17.5 Å². The molecular formula is C27H23N7O6. The Morgan fingerprint density at radius 2 is 1.65 bits per heavy atom. The van der Waals surface area contributed by atoms with E-state index in [2.05, 4.69) is 15.1 Å². The average molecular weight is 542 g/mol. The standard InChI is InChI=1S/C27H23N7O6/c1-3-31(11-6-12-32-26(35)21-7-4-5-8-22(21)27(32)36)19-9-10-23(17(2)13-19)29-30-25-18(16-28)14-20(33(37)38)15-24(25)34(39)40/h4-5,7-10,13-15H,3,6,11-12H2,1-2H3. The summed E-state index contributed by atoms with van der Waals surface area (Å²) < 4.78 is 0. The summed E-state index contributed by atoms with van der Waals surface area (Å²) in [6.45, 7) is 5.26. The molecule has 3 aromatic rings. The summed E-state index contributed by atoms with van der Waals surface area (Å²) in [6, 6.07) is 15.4. The fourth-order valence-corrected chi connectivity index (χ4v) is 4.42. The van der Waals surface area contributed by atoms with Gasteiger partial charge in [0.1, 0.15) is 6.07 Å². The third-order valence-corrected chi connectivity index (χ3v) is 6.48. The summed E-state index contributed by atoms with van der Waals surface area (Å²) in [4.78, 5) is 49.4. The Morgan fingerprint density at radius 1 is 0.975 bits per heavy atom. The molecule has 3 aromatic carbocycles. The van der Waals surface area contributed by atoms with Crippen LogP contribution in [-0.4, -0.2) is 46.2 Å². The number of aryl methyl sites for hydroxylation is 1. The fourth-order valence-electron chi connectivity index (χ4n) is 4.42. The molecule has 13 heteroatoms. The van der Waals surface area contributed by atoms with E-state index in [4.69, 9.17) is 0 Å². The SMILES string of the molecule is CCN(CCCN1C(=O)c2ccccc2C1=O)c1ccc(N=Nc2c(C#N)cc([N+](=O)[O-])cc2[N+](=O)[O-])c(C)c1. The van der Waals surface area contributed by atoms with E-state index in [-0.39, 0.29) is 29.6 Å². The quantitative estimate of drug-likeness (QED) is 0.138. The molecule has 0 atom stereocenters. The van der Waals surface area contributed by atoms with E-state index in [1.165, 1.54) is 4.90 Å². The number of rotatable bonds is 10. The van der Waals surface area contributed by atoms with Gasteiger partial charge >= 0.3 is 5.69 Å². The van der Waals surface area contributed by atoms with Crippen LogP contribution in [0.15, 0.2) is 64.8 Å². The number of carbonyl (C=O) groups excluding carboxylic acids is 2. The molecule has 0 radical (unpaired) electrons. The number of amides is 2. The van der Waals surface area contributed by atoms with Crippen LogP contribution in [0.1, 0.15) is 45.2 Å². The first kappa shape index (κ1) is 27.5. The molecule has 0 aromatic heterocycles. The predicted octanol–water partition coefficient (Wildman–Crippen LogP) is 5.61. The Labute approximate surface area is 228 Å². The number of azo groups is 1. The second kappa shape index (κ2) is 11.5. The van der Waals surface area contributed by atoms with Gasteiger partial charge in [-0.1, -0.05) is 12.1 Å². The van der Waals surface area contributed by atoms with Gasteiger partial charge in [0.05, 0.1) is 38.3 Å². The van der Waals surface area contributed by atoms with Gasteiger partial charge in [0, 0.05) is 31.4 Å². The molecule has 0 fully saturated rings. The van der Waals surface area contributed by atoms with Gasteiger partial charge in [0.2, 0.25) is 0 Å². The lowest BCUT2D eigenvalue weighted by Crippen LogP contribution is -2.33. The molecule has 1 heterocycles. The Kier molecular flexibility index (Phi) is 7.90. The van der Waals surface area contributed by atoms with E-state index in [0.717, 1.165) is 17.8 Å². The van der Waals surface area contributed by atoms with Crippen molar-refractivity contribution in [2.24, 2.45) is 10.2 Å². The van der Waals surface area contributed by atoms with Gasteiger partial charge in [-0.05, 0) is 56.2 Å². The Hall–Kier alpha value is -5.51. The number of nitriles is 1. The molecule has 0 saturated carbocycles. The van der Waals surface area contributed by atoms with Crippen LogP contribution in [0.3, 0.4) is 0 Å². The first-order valence-electron chi connectivity index (χ1n) is 12.3. The minimum atomic E-state index is -0.848. The van der Waals surface area contributed by atoms with Crippen LogP contribution in [-0.2, 0) is 0 Å². The summed E-state index contributed by atoms with van der Waals surface area (Å²) in [5.41, 5.74) is 0.789. The Balaban J connectivity index is 1.48. The zero-order valence-corrected chi connectivity index (χ0v) is 21.6. The van der Waals surface area contributed by atoms with E-state index in [0.29, 0.717) is 41.9 Å². The van der Waals surface area contributed by atoms with E-state index >= 15 is 0 Å². The molecule has 0 N–H and O–H groups in total. The maximum absolute atomic E-state index is 12.6. The summed E-state index contributed by atoms with van der Waals surface area (Å²) >= 11 is 0. The number of nitrogens with zero attached hydrogens (tertiary/aromatic N) is 7. The Morgan fingerprint density at radius 3 is 2.20 bits per heavy atom. The van der Waals surface area contributed by atoms with Crippen molar-refractivity contribution in [2.45, 2.75) is 20.3 Å². The lowest BCUT2D eigenvalue weighted by molar-refractivity contribution is -0.393. The van der Waals surface area contributed by atoms with Crippen LogP contribution < -0.4 is 4.90 Å². The number of carbonyl (C=O) groups is 2. The maximum Gasteiger partial charge on any atom is 0.304 e. The van der Waals surface area contributed by atoms with Gasteiger partial charge in [-0.25, -0.2) is 0 Å². The number of imide groups is 1. The van der Waals surface area contributed by atoms with Crippen molar-refractivity contribution >= 4 is 40.3 Å². The first-order chi connectivity index (χ1) is 19.2. The molecule has 0 aliphatic carbocycles. The third kappa shape index (κ3) is 5.37. The number of nitro groups is 2. The molecule has 1 aliphatic heterocycles. The number of anilines is 1. The minimum Gasteiger partial charge on any atom is -0.372 e. The van der Waals surface area contributed by atoms with Gasteiger partial charge in [0.15, 0.2) is 5.69 Å². The van der Waals surface area contributed by atoms with Crippen molar-refractivity contribution in [1.29, 1.82) is 5.26 Å². The van der Waals surface area contributed by atoms with Gasteiger partial charge in [-0.15, -0.1) is 10.2 Å². The summed E-state index contributed by atoms with van der Waals surface area (Å²) in [5.74, 6) is -0.580. The molecule has 4 rings (SSSR count). The monoisotopic (exact) mass is 541 g/mol. The van der Waals surface area contributed by atoms with Crippen molar-refractivity contribution in [1.82, 2.24) is 4.90 Å². The van der Waals surface area contributed by atoms with Crippen molar-refractivity contribution in [2.75, 3.05) is 24.5 Å². The number of hydrogen-bond donors (Lipinski definition) is 0. The minimum absolute atomic E-state index is 0.281. The molecule has 40 heavy (non-hydrogen) atoms. The van der Waals surface area contributed by atoms with E-state index in [1.807, 2.05) is 13.0 Å². The molecule has 0 saturated heterocycles. The predicted molar refractivity (Wildman–Crippen MR) is 144 cm³/mol. The van der Waals surface area contributed by atoms with Crippen LogP contribution in [0.2, 0.25) is 0 Å². The maximum atomic E-state index is 12.6. The molecule has 0 unspecified atom stereocenters. The Bertz CT molecular complexity index is 1580. The molecule has 13 nitrogen and oxygen atoms in total. The highest BCUT2D eigenvalue weighted by Gasteiger charge is 2.34. The van der Waals surface area contributed by atoms with Crippen LogP contribution >= 0.6 is 0 Å². The number of hydrogen-bond acceptors (Lipinski definition) is 10. The van der Waals surface area contributed by atoms with Crippen LogP contribution in [0.25, 0.3) is 0 Å². The van der Waals surface area contributed by atoms with Crippen molar-refractivity contribution in [3.8, 4) is 6.07 Å². The zero-order valence-electron chi connectivity index (χ0n) is 21.6. The van der Waals surface area contributed by atoms with Crippen molar-refractivity contribution in [3.05, 3.63) is 97.1 Å². The zero-order chi connectivity index (χ0) is 29.0. The topological polar surface area (TPSA) is 175 Å². The number of nitro benzene ring substituents is 2. The summed E-state index contributed by atoms with van der Waals surface area (Å²) in [5, 5.41) is 39.9. The average Bonchev–Trinajstić information content (AvgIpc) is 3.19. The highest BCUT2D eigenvalue weighted by atomic mass is 16.6. The molecule has 1 aliphatic rings. The van der Waals surface area contributed by atoms with E-state index in [9.17, 15) is 35.1 Å². The number of fused-ring (bicyclic) bond motifs is 1. The number of non-ortho nitro benzene ring substituents is 1. The highest BCUT2D eigenvalue weighted by molar-refractivity contribution is 6.21. The van der Waals surface area contributed by atoms with Crippen molar-refractivity contribution < 1.29 is 19.4 Å². The fraction of sp³-hybridized carbons (Fsp3) is 0.222. The number of benzene rings is 3. The largest absolute Gasteiger partial charge is 0.372 e. The third-order valence-electron chi connectivity index (χ3n) is 6.48. The highest BCUT2D eigenvalue weighted by Crippen LogP contribution is 2.37. The summed E-state index contributed by atoms with van der Waals surface area (Å²) in [6.07, 6.45) is 0.556. The normalized spacial score (nSPS) is 12.5. The van der Waals surface area contributed by atoms with E-state index in [1.54, 1.807) is 49.4 Å². The van der Waals surface area contributed by atoms with E-state index < -0.39 is 21.2 Å². The van der Waals surface area contributed by atoms with Gasteiger partial charge in [-0.2, -0.15) is 5.26 Å². The molecule has 0 bridgehead atoms.